The van der Waals surface area contributed by atoms with Gasteiger partial charge < -0.3 is 4.90 Å². The Morgan fingerprint density at radius 3 is 2.15 bits per heavy atom. The molecule has 3 atom stereocenters. The molecule has 2 aliphatic rings. The second-order valence-corrected chi connectivity index (χ2v) is 7.33. The van der Waals surface area contributed by atoms with Crippen LogP contribution in [0.25, 0.3) is 0 Å². The van der Waals surface area contributed by atoms with Crippen LogP contribution in [0.4, 0.5) is 0 Å². The Morgan fingerprint density at radius 2 is 1.85 bits per heavy atom. The fraction of sp³-hybridized carbons (Fsp3) is 1.00. The van der Waals surface area contributed by atoms with Crippen molar-refractivity contribution in [3.8, 4) is 0 Å². The average Bonchev–Trinajstić information content (AvgIpc) is 1.94. The predicted octanol–water partition coefficient (Wildman–Crippen LogP) is 0.370. The quantitative estimate of drug-likeness (QED) is 0.618. The monoisotopic (exact) mass is 203 g/mol. The van der Waals surface area contributed by atoms with Gasteiger partial charge in [-0.2, -0.15) is 0 Å². The van der Waals surface area contributed by atoms with Gasteiger partial charge in [-0.3, -0.25) is 0 Å². The van der Waals surface area contributed by atoms with Gasteiger partial charge in [-0.25, -0.2) is 8.42 Å². The molecule has 1 saturated heterocycles. The first-order valence-corrected chi connectivity index (χ1v) is 6.38. The number of sulfone groups is 1. The third kappa shape index (κ3) is 0.960. The highest BCUT2D eigenvalue weighted by Crippen LogP contribution is 2.58. The Morgan fingerprint density at radius 1 is 1.31 bits per heavy atom. The third-order valence-corrected chi connectivity index (χ3v) is 6.05. The van der Waals surface area contributed by atoms with Gasteiger partial charge in [0, 0.05) is 6.04 Å². The molecule has 1 aliphatic heterocycles. The van der Waals surface area contributed by atoms with Crippen molar-refractivity contribution in [2.24, 2.45) is 11.3 Å². The van der Waals surface area contributed by atoms with E-state index in [1.165, 1.54) is 0 Å². The van der Waals surface area contributed by atoms with Crippen LogP contribution >= 0.6 is 0 Å². The molecule has 0 aromatic carbocycles. The van der Waals surface area contributed by atoms with Gasteiger partial charge in [-0.15, -0.1) is 0 Å². The molecule has 0 unspecified atom stereocenters. The van der Waals surface area contributed by atoms with Gasteiger partial charge in [0.05, 0.1) is 11.0 Å². The predicted molar refractivity (Wildman–Crippen MR) is 52.3 cm³/mol. The first kappa shape index (κ1) is 9.46. The number of hydrogen-bond acceptors (Lipinski definition) is 3. The zero-order valence-corrected chi connectivity index (χ0v) is 9.43. The summed E-state index contributed by atoms with van der Waals surface area (Å²) in [4.78, 5) is 2.05. The summed E-state index contributed by atoms with van der Waals surface area (Å²) in [6, 6.07) is 0.219. The Hall–Kier alpha value is -0.0900. The smallest absolute Gasteiger partial charge is 0.155 e. The van der Waals surface area contributed by atoms with Crippen molar-refractivity contribution in [3.63, 3.8) is 0 Å². The Balaban J connectivity index is 2.28. The van der Waals surface area contributed by atoms with E-state index < -0.39 is 9.84 Å². The van der Waals surface area contributed by atoms with E-state index in [4.69, 9.17) is 0 Å². The molecule has 0 radical (unpaired) electrons. The zero-order chi connectivity index (χ0) is 10.0. The summed E-state index contributed by atoms with van der Waals surface area (Å²) in [7, 11) is 1.21. The highest BCUT2D eigenvalue weighted by molar-refractivity contribution is 7.93. The minimum atomic E-state index is -2.73. The van der Waals surface area contributed by atoms with Crippen LogP contribution < -0.4 is 0 Å². The molecule has 0 amide bonds. The summed E-state index contributed by atoms with van der Waals surface area (Å²) in [5.74, 6) is 0.819. The van der Waals surface area contributed by atoms with Crippen LogP contribution in [0.5, 0.6) is 0 Å². The maximum Gasteiger partial charge on any atom is 0.155 e. The van der Waals surface area contributed by atoms with Crippen molar-refractivity contribution in [2.45, 2.75) is 25.1 Å². The largest absolute Gasteiger partial charge is 0.305 e. The fourth-order valence-electron chi connectivity index (χ4n) is 3.12. The van der Waals surface area contributed by atoms with Crippen LogP contribution in [-0.2, 0) is 9.84 Å². The van der Waals surface area contributed by atoms with Crippen molar-refractivity contribution in [2.75, 3.05) is 19.8 Å². The third-order valence-electron chi connectivity index (χ3n) is 3.81. The molecule has 13 heavy (non-hydrogen) atoms. The van der Waals surface area contributed by atoms with Gasteiger partial charge in [0.25, 0.3) is 0 Å². The number of nitrogens with zero attached hydrogens (tertiary/aromatic N) is 1. The molecule has 0 N–H and O–H groups in total. The van der Waals surface area contributed by atoms with Crippen LogP contribution in [0.1, 0.15) is 13.8 Å². The van der Waals surface area contributed by atoms with Gasteiger partial charge in [0.2, 0.25) is 0 Å². The van der Waals surface area contributed by atoms with Crippen LogP contribution in [-0.4, -0.2) is 44.5 Å². The lowest BCUT2D eigenvalue weighted by Gasteiger charge is -2.65. The van der Waals surface area contributed by atoms with E-state index in [1.807, 2.05) is 14.1 Å². The van der Waals surface area contributed by atoms with E-state index in [0.29, 0.717) is 11.7 Å². The van der Waals surface area contributed by atoms with Crippen molar-refractivity contribution in [3.05, 3.63) is 0 Å². The minimum absolute atomic E-state index is 0.0718. The molecule has 1 aliphatic carbocycles. The summed E-state index contributed by atoms with van der Waals surface area (Å²) < 4.78 is 22.9. The maximum atomic E-state index is 11.5. The Labute approximate surface area is 80.0 Å². The first-order valence-electron chi connectivity index (χ1n) is 4.66. The van der Waals surface area contributed by atoms with Gasteiger partial charge in [0.15, 0.2) is 9.84 Å². The Kier molecular flexibility index (Phi) is 1.66. The molecular weight excluding hydrogens is 186 g/mol. The summed E-state index contributed by atoms with van der Waals surface area (Å²) in [6.07, 6.45) is 0. The lowest BCUT2D eigenvalue weighted by Crippen LogP contribution is -2.77. The molecule has 0 bridgehead atoms. The summed E-state index contributed by atoms with van der Waals surface area (Å²) in [6.45, 7) is 4.35. The summed E-state index contributed by atoms with van der Waals surface area (Å²) >= 11 is 0. The van der Waals surface area contributed by atoms with E-state index in [0.717, 1.165) is 0 Å². The average molecular weight is 203 g/mol. The van der Waals surface area contributed by atoms with Crippen molar-refractivity contribution in [1.82, 2.24) is 4.90 Å². The van der Waals surface area contributed by atoms with E-state index in [-0.39, 0.29) is 16.7 Å². The standard InChI is InChI=1S/C9H17NO2S/c1-9(2)6-5-13(11,12)7(6)8(9)10(3)4/h6-8H,5H2,1-4H3/t6-,7+,8-/m0/s1. The van der Waals surface area contributed by atoms with Gasteiger partial charge in [-0.1, -0.05) is 13.8 Å². The zero-order valence-electron chi connectivity index (χ0n) is 8.61. The van der Waals surface area contributed by atoms with Crippen molar-refractivity contribution >= 4 is 9.84 Å². The second kappa shape index (κ2) is 2.28. The lowest BCUT2D eigenvalue weighted by atomic mass is 9.57. The Bertz CT molecular complexity index is 332. The number of rotatable bonds is 1. The number of fused-ring (bicyclic) bond motifs is 1. The molecule has 0 aromatic rings. The lowest BCUT2D eigenvalue weighted by molar-refractivity contribution is -0.0397. The van der Waals surface area contributed by atoms with E-state index in [9.17, 15) is 8.42 Å². The minimum Gasteiger partial charge on any atom is -0.305 e. The highest BCUT2D eigenvalue weighted by Gasteiger charge is 2.69. The molecular formula is C9H17NO2S. The molecule has 3 nitrogen and oxygen atoms in total. The fourth-order valence-corrected chi connectivity index (χ4v) is 6.06. The van der Waals surface area contributed by atoms with Crippen LogP contribution in [0.2, 0.25) is 0 Å². The van der Waals surface area contributed by atoms with Crippen LogP contribution in [0, 0.1) is 11.3 Å². The van der Waals surface area contributed by atoms with Crippen LogP contribution in [0.3, 0.4) is 0 Å². The van der Waals surface area contributed by atoms with Gasteiger partial charge >= 0.3 is 0 Å². The SMILES string of the molecule is CN(C)[C@H]1[C@H]2[C@H](CS2(=O)=O)C1(C)C. The van der Waals surface area contributed by atoms with Gasteiger partial charge in [0.1, 0.15) is 0 Å². The molecule has 4 heteroatoms. The summed E-state index contributed by atoms with van der Waals surface area (Å²) in [5, 5.41) is -0.0718. The number of hydrogen-bond donors (Lipinski definition) is 0. The van der Waals surface area contributed by atoms with E-state index >= 15 is 0 Å². The topological polar surface area (TPSA) is 37.4 Å². The second-order valence-electron chi connectivity index (χ2n) is 5.13. The molecule has 2 fully saturated rings. The maximum absolute atomic E-state index is 11.5. The molecule has 76 valence electrons. The van der Waals surface area contributed by atoms with Gasteiger partial charge in [-0.05, 0) is 25.4 Å². The van der Waals surface area contributed by atoms with E-state index in [1.54, 1.807) is 0 Å². The summed E-state index contributed by atoms with van der Waals surface area (Å²) in [5.41, 5.74) is 0.180. The normalized spacial score (nSPS) is 44.8. The highest BCUT2D eigenvalue weighted by atomic mass is 32.2. The van der Waals surface area contributed by atoms with Crippen molar-refractivity contribution in [1.29, 1.82) is 0 Å². The van der Waals surface area contributed by atoms with Crippen LogP contribution in [0.15, 0.2) is 0 Å². The van der Waals surface area contributed by atoms with E-state index in [2.05, 4.69) is 18.7 Å². The molecule has 1 saturated carbocycles. The molecule has 0 aromatic heterocycles. The van der Waals surface area contributed by atoms with Crippen molar-refractivity contribution < 1.29 is 8.42 Å². The first-order chi connectivity index (χ1) is 5.78. The molecule has 1 heterocycles. The molecule has 0 spiro atoms. The molecule has 2 rings (SSSR count).